The maximum absolute atomic E-state index is 13.6. The van der Waals surface area contributed by atoms with Crippen LogP contribution in [-0.2, 0) is 16.0 Å². The fraction of sp³-hybridized carbons (Fsp3) is 0.176. The highest BCUT2D eigenvalue weighted by Crippen LogP contribution is 2.20. The lowest BCUT2D eigenvalue weighted by Crippen LogP contribution is -2.33. The molecule has 0 aliphatic heterocycles. The maximum atomic E-state index is 13.6. The molecule has 0 saturated heterocycles. The van der Waals surface area contributed by atoms with Crippen molar-refractivity contribution < 1.29 is 14.0 Å². The van der Waals surface area contributed by atoms with Crippen LogP contribution in [0, 0.1) is 5.82 Å². The Balaban J connectivity index is 2.13. The molecule has 0 saturated carbocycles. The van der Waals surface area contributed by atoms with E-state index in [-0.39, 0.29) is 18.4 Å². The molecule has 0 radical (unpaired) electrons. The second-order valence-electron chi connectivity index (χ2n) is 5.11. The molecule has 0 heterocycles. The van der Waals surface area contributed by atoms with Gasteiger partial charge in [-0.1, -0.05) is 41.9 Å². The van der Waals surface area contributed by atoms with Gasteiger partial charge in [0.2, 0.25) is 11.8 Å². The van der Waals surface area contributed by atoms with Gasteiger partial charge in [-0.3, -0.25) is 9.59 Å². The quantitative estimate of drug-likeness (QED) is 0.852. The first kappa shape index (κ1) is 17.0. The van der Waals surface area contributed by atoms with E-state index in [0.717, 1.165) is 0 Å². The van der Waals surface area contributed by atoms with Crippen molar-refractivity contribution in [2.24, 2.45) is 5.73 Å². The van der Waals surface area contributed by atoms with Crippen LogP contribution in [0.15, 0.2) is 48.5 Å². The second kappa shape index (κ2) is 7.74. The van der Waals surface area contributed by atoms with Crippen molar-refractivity contribution in [1.29, 1.82) is 0 Å². The molecular formula is C17H16ClFN2O2. The average molecular weight is 335 g/mol. The van der Waals surface area contributed by atoms with E-state index in [0.29, 0.717) is 10.6 Å². The van der Waals surface area contributed by atoms with Gasteiger partial charge in [-0.2, -0.15) is 0 Å². The van der Waals surface area contributed by atoms with Crippen LogP contribution in [0.1, 0.15) is 23.6 Å². The van der Waals surface area contributed by atoms with Crippen LogP contribution in [0.5, 0.6) is 0 Å². The maximum Gasteiger partial charge on any atom is 0.225 e. The van der Waals surface area contributed by atoms with Gasteiger partial charge in [0.25, 0.3) is 0 Å². The third-order valence-corrected chi connectivity index (χ3v) is 3.54. The van der Waals surface area contributed by atoms with Crippen molar-refractivity contribution >= 4 is 23.4 Å². The van der Waals surface area contributed by atoms with Gasteiger partial charge < -0.3 is 11.1 Å². The Morgan fingerprint density at radius 3 is 2.57 bits per heavy atom. The number of halogens is 2. The largest absolute Gasteiger partial charge is 0.370 e. The summed E-state index contributed by atoms with van der Waals surface area (Å²) in [4.78, 5) is 23.4. The Kier molecular flexibility index (Phi) is 5.71. The van der Waals surface area contributed by atoms with Crippen molar-refractivity contribution in [3.63, 3.8) is 0 Å². The summed E-state index contributed by atoms with van der Waals surface area (Å²) in [7, 11) is 0. The van der Waals surface area contributed by atoms with Crippen molar-refractivity contribution in [2.45, 2.75) is 18.9 Å². The monoisotopic (exact) mass is 334 g/mol. The van der Waals surface area contributed by atoms with Gasteiger partial charge in [-0.05, 0) is 29.3 Å². The number of amides is 2. The Morgan fingerprint density at radius 1 is 1.17 bits per heavy atom. The minimum absolute atomic E-state index is 0.0661. The molecule has 4 nitrogen and oxygen atoms in total. The van der Waals surface area contributed by atoms with Crippen molar-refractivity contribution in [3.05, 3.63) is 70.5 Å². The Bertz CT molecular complexity index is 721. The minimum Gasteiger partial charge on any atom is -0.370 e. The van der Waals surface area contributed by atoms with Crippen LogP contribution in [0.2, 0.25) is 5.02 Å². The Labute approximate surface area is 138 Å². The van der Waals surface area contributed by atoms with E-state index >= 15 is 0 Å². The van der Waals surface area contributed by atoms with Crippen LogP contribution in [0.3, 0.4) is 0 Å². The van der Waals surface area contributed by atoms with Crippen molar-refractivity contribution in [2.75, 3.05) is 0 Å². The minimum atomic E-state index is -0.606. The zero-order chi connectivity index (χ0) is 16.8. The first-order chi connectivity index (χ1) is 11.0. The number of benzene rings is 2. The summed E-state index contributed by atoms with van der Waals surface area (Å²) in [5.74, 6) is -1.40. The standard InChI is InChI=1S/C17H16ClFN2O2/c18-13-6-3-5-12(8-13)15(10-16(20)22)21-17(23)9-11-4-1-2-7-14(11)19/h1-8,15H,9-10H2,(H2,20,22)(H,21,23)/t15-/m1/s1. The molecule has 0 aliphatic carbocycles. The summed E-state index contributed by atoms with van der Waals surface area (Å²) in [6.07, 6.45) is -0.189. The molecule has 0 unspecified atom stereocenters. The molecule has 2 aromatic rings. The molecule has 2 amide bonds. The number of nitrogens with two attached hydrogens (primary N) is 1. The molecule has 0 aromatic heterocycles. The number of rotatable bonds is 6. The lowest BCUT2D eigenvalue weighted by molar-refractivity contribution is -0.122. The number of carbonyl (C=O) groups excluding carboxylic acids is 2. The molecule has 0 bridgehead atoms. The predicted octanol–water partition coefficient (Wildman–Crippen LogP) is 2.75. The summed E-state index contributed by atoms with van der Waals surface area (Å²) >= 11 is 5.93. The summed E-state index contributed by atoms with van der Waals surface area (Å²) in [6, 6.07) is 12.2. The van der Waals surface area contributed by atoms with Gasteiger partial charge in [0.05, 0.1) is 18.9 Å². The molecule has 0 spiro atoms. The van der Waals surface area contributed by atoms with Gasteiger partial charge in [0, 0.05) is 5.02 Å². The van der Waals surface area contributed by atoms with Crippen LogP contribution < -0.4 is 11.1 Å². The molecule has 2 aromatic carbocycles. The number of hydrogen-bond donors (Lipinski definition) is 2. The lowest BCUT2D eigenvalue weighted by Gasteiger charge is -2.18. The van der Waals surface area contributed by atoms with E-state index in [2.05, 4.69) is 5.32 Å². The third kappa shape index (κ3) is 5.07. The van der Waals surface area contributed by atoms with E-state index in [4.69, 9.17) is 17.3 Å². The summed E-state index contributed by atoms with van der Waals surface area (Å²) in [5, 5.41) is 3.19. The number of carbonyl (C=O) groups is 2. The Hall–Kier alpha value is -2.40. The second-order valence-corrected chi connectivity index (χ2v) is 5.55. The number of hydrogen-bond acceptors (Lipinski definition) is 2. The van der Waals surface area contributed by atoms with Crippen LogP contribution in [0.4, 0.5) is 4.39 Å². The van der Waals surface area contributed by atoms with E-state index in [9.17, 15) is 14.0 Å². The van der Waals surface area contributed by atoms with E-state index < -0.39 is 23.7 Å². The highest BCUT2D eigenvalue weighted by atomic mass is 35.5. The lowest BCUT2D eigenvalue weighted by atomic mass is 10.0. The van der Waals surface area contributed by atoms with Gasteiger partial charge in [0.15, 0.2) is 0 Å². The van der Waals surface area contributed by atoms with E-state index in [1.807, 2.05) is 0 Å². The zero-order valence-corrected chi connectivity index (χ0v) is 13.0. The average Bonchev–Trinajstić information content (AvgIpc) is 2.48. The molecule has 23 heavy (non-hydrogen) atoms. The van der Waals surface area contributed by atoms with Crippen molar-refractivity contribution in [1.82, 2.24) is 5.32 Å². The van der Waals surface area contributed by atoms with E-state index in [1.54, 1.807) is 36.4 Å². The number of nitrogens with one attached hydrogen (secondary N) is 1. The van der Waals surface area contributed by atoms with Crippen LogP contribution in [0.25, 0.3) is 0 Å². The first-order valence-electron chi connectivity index (χ1n) is 7.02. The molecule has 2 rings (SSSR count). The SMILES string of the molecule is NC(=O)C[C@@H](NC(=O)Cc1ccccc1F)c1cccc(Cl)c1. The molecular weight excluding hydrogens is 319 g/mol. The van der Waals surface area contributed by atoms with Crippen LogP contribution >= 0.6 is 11.6 Å². The van der Waals surface area contributed by atoms with Gasteiger partial charge in [-0.25, -0.2) is 4.39 Å². The highest BCUT2D eigenvalue weighted by molar-refractivity contribution is 6.30. The molecule has 6 heteroatoms. The topological polar surface area (TPSA) is 72.2 Å². The Morgan fingerprint density at radius 2 is 1.91 bits per heavy atom. The third-order valence-electron chi connectivity index (χ3n) is 3.30. The van der Waals surface area contributed by atoms with Crippen molar-refractivity contribution in [3.8, 4) is 0 Å². The fourth-order valence-electron chi connectivity index (χ4n) is 2.24. The summed E-state index contributed by atoms with van der Waals surface area (Å²) in [6.45, 7) is 0. The molecule has 3 N–H and O–H groups in total. The zero-order valence-electron chi connectivity index (χ0n) is 12.3. The molecule has 0 aliphatic rings. The van der Waals surface area contributed by atoms with E-state index in [1.165, 1.54) is 12.1 Å². The van der Waals surface area contributed by atoms with Gasteiger partial charge in [0.1, 0.15) is 5.82 Å². The molecule has 0 fully saturated rings. The highest BCUT2D eigenvalue weighted by Gasteiger charge is 2.18. The normalized spacial score (nSPS) is 11.7. The smallest absolute Gasteiger partial charge is 0.225 e. The molecule has 1 atom stereocenters. The summed E-state index contributed by atoms with van der Waals surface area (Å²) < 4.78 is 13.6. The summed E-state index contributed by atoms with van der Waals surface area (Å²) in [5.41, 5.74) is 6.19. The molecule has 120 valence electrons. The fourth-order valence-corrected chi connectivity index (χ4v) is 2.44. The first-order valence-corrected chi connectivity index (χ1v) is 7.40. The van der Waals surface area contributed by atoms with Gasteiger partial charge >= 0.3 is 0 Å². The van der Waals surface area contributed by atoms with Crippen LogP contribution in [-0.4, -0.2) is 11.8 Å². The number of primary amides is 1. The predicted molar refractivity (Wildman–Crippen MR) is 86.3 cm³/mol. The van der Waals surface area contributed by atoms with Gasteiger partial charge in [-0.15, -0.1) is 0 Å².